The summed E-state index contributed by atoms with van der Waals surface area (Å²) in [6.07, 6.45) is 2.10. The Morgan fingerprint density at radius 2 is 1.97 bits per heavy atom. The highest BCUT2D eigenvalue weighted by molar-refractivity contribution is 5.79. The molecule has 0 spiro atoms. The summed E-state index contributed by atoms with van der Waals surface area (Å²) in [5.41, 5.74) is 1.01. The number of aryl methyl sites for hydroxylation is 1. The standard InChI is InChI=1S/C22H27F2N5O3/c1-13-5-6-16(8-25-13)19-18(20(21(23)24)32-27-19)12-29-22(4,30)7-17(9-26-29)28-10-14(2)31-15(3)11-28/h5-9,14-15,21,30H,10-12H2,1-4H3/t14-,15+,22?. The van der Waals surface area contributed by atoms with Crippen molar-refractivity contribution < 1.29 is 23.1 Å². The van der Waals surface area contributed by atoms with Gasteiger partial charge in [0.25, 0.3) is 6.43 Å². The Morgan fingerprint density at radius 1 is 1.25 bits per heavy atom. The highest BCUT2D eigenvalue weighted by atomic mass is 19.3. The van der Waals surface area contributed by atoms with Crippen LogP contribution in [0.15, 0.2) is 39.7 Å². The summed E-state index contributed by atoms with van der Waals surface area (Å²) in [6.45, 7) is 8.61. The largest absolute Gasteiger partial charge is 0.372 e. The Kier molecular flexibility index (Phi) is 6.00. The zero-order valence-electron chi connectivity index (χ0n) is 18.5. The molecule has 10 heteroatoms. The molecule has 1 fully saturated rings. The fourth-order valence-corrected chi connectivity index (χ4v) is 4.03. The van der Waals surface area contributed by atoms with E-state index in [1.807, 2.05) is 20.8 Å². The molecule has 0 saturated carbocycles. The van der Waals surface area contributed by atoms with Crippen molar-refractivity contribution in [2.24, 2.45) is 5.10 Å². The number of alkyl halides is 2. The van der Waals surface area contributed by atoms with E-state index < -0.39 is 17.9 Å². The highest BCUT2D eigenvalue weighted by Crippen LogP contribution is 2.34. The number of aromatic nitrogens is 2. The number of hydrogen-bond acceptors (Lipinski definition) is 8. The maximum Gasteiger partial charge on any atom is 0.298 e. The maximum absolute atomic E-state index is 13.6. The molecule has 2 aromatic heterocycles. The second-order valence-electron chi connectivity index (χ2n) is 8.49. The molecule has 0 bridgehead atoms. The van der Waals surface area contributed by atoms with E-state index in [4.69, 9.17) is 9.26 Å². The molecule has 32 heavy (non-hydrogen) atoms. The van der Waals surface area contributed by atoms with Crippen LogP contribution in [0.3, 0.4) is 0 Å². The molecular formula is C22H27F2N5O3. The number of pyridine rings is 1. The van der Waals surface area contributed by atoms with Gasteiger partial charge in [-0.2, -0.15) is 5.10 Å². The number of hydrogen-bond donors (Lipinski definition) is 1. The second kappa shape index (κ2) is 8.59. The minimum Gasteiger partial charge on any atom is -0.372 e. The van der Waals surface area contributed by atoms with Crippen molar-refractivity contribution in [3.8, 4) is 11.3 Å². The van der Waals surface area contributed by atoms with E-state index in [1.54, 1.807) is 37.5 Å². The topological polar surface area (TPSA) is 87.2 Å². The normalized spacial score (nSPS) is 26.1. The van der Waals surface area contributed by atoms with E-state index in [-0.39, 0.29) is 30.0 Å². The van der Waals surface area contributed by atoms with Crippen molar-refractivity contribution in [3.05, 3.63) is 47.1 Å². The first-order valence-corrected chi connectivity index (χ1v) is 10.5. The van der Waals surface area contributed by atoms with Gasteiger partial charge in [0.1, 0.15) is 5.69 Å². The van der Waals surface area contributed by atoms with Crippen LogP contribution < -0.4 is 0 Å². The van der Waals surface area contributed by atoms with Gasteiger partial charge in [-0.3, -0.25) is 9.99 Å². The van der Waals surface area contributed by atoms with Crippen LogP contribution in [0.2, 0.25) is 0 Å². The molecule has 8 nitrogen and oxygen atoms in total. The number of aliphatic hydroxyl groups is 1. The van der Waals surface area contributed by atoms with E-state index in [9.17, 15) is 13.9 Å². The quantitative estimate of drug-likeness (QED) is 0.751. The van der Waals surface area contributed by atoms with Gasteiger partial charge in [0, 0.05) is 30.5 Å². The highest BCUT2D eigenvalue weighted by Gasteiger charge is 2.35. The number of halogens is 2. The van der Waals surface area contributed by atoms with Crippen LogP contribution in [-0.2, 0) is 11.3 Å². The van der Waals surface area contributed by atoms with Crippen LogP contribution in [0, 0.1) is 6.92 Å². The van der Waals surface area contributed by atoms with Gasteiger partial charge < -0.3 is 19.3 Å². The lowest BCUT2D eigenvalue weighted by Crippen LogP contribution is -2.49. The molecule has 2 aromatic rings. The number of hydrazone groups is 1. The molecular weight excluding hydrogens is 420 g/mol. The molecule has 2 aliphatic heterocycles. The van der Waals surface area contributed by atoms with Crippen LogP contribution in [-0.4, -0.2) is 62.4 Å². The van der Waals surface area contributed by atoms with Crippen LogP contribution in [0.5, 0.6) is 0 Å². The van der Waals surface area contributed by atoms with Crippen LogP contribution in [0.4, 0.5) is 8.78 Å². The lowest BCUT2D eigenvalue weighted by atomic mass is 10.1. The summed E-state index contributed by atoms with van der Waals surface area (Å²) in [5, 5.41) is 20.7. The molecule has 3 atom stereocenters. The predicted octanol–water partition coefficient (Wildman–Crippen LogP) is 3.49. The van der Waals surface area contributed by atoms with Crippen molar-refractivity contribution in [1.82, 2.24) is 20.0 Å². The smallest absolute Gasteiger partial charge is 0.298 e. The molecule has 4 heterocycles. The predicted molar refractivity (Wildman–Crippen MR) is 114 cm³/mol. The summed E-state index contributed by atoms with van der Waals surface area (Å²) >= 11 is 0. The van der Waals surface area contributed by atoms with Gasteiger partial charge in [0.15, 0.2) is 5.72 Å². The van der Waals surface area contributed by atoms with Gasteiger partial charge in [-0.1, -0.05) is 5.16 Å². The number of morpholine rings is 1. The summed E-state index contributed by atoms with van der Waals surface area (Å²) in [6, 6.07) is 3.51. The Bertz CT molecular complexity index is 1010. The Morgan fingerprint density at radius 3 is 2.56 bits per heavy atom. The summed E-state index contributed by atoms with van der Waals surface area (Å²) in [7, 11) is 0. The maximum atomic E-state index is 13.6. The van der Waals surface area contributed by atoms with Gasteiger partial charge in [-0.15, -0.1) is 0 Å². The van der Waals surface area contributed by atoms with Crippen LogP contribution >= 0.6 is 0 Å². The first-order chi connectivity index (χ1) is 15.1. The van der Waals surface area contributed by atoms with Gasteiger partial charge in [-0.25, -0.2) is 8.78 Å². The molecule has 2 aliphatic rings. The van der Waals surface area contributed by atoms with E-state index in [2.05, 4.69) is 20.1 Å². The summed E-state index contributed by atoms with van der Waals surface area (Å²) in [5.74, 6) is -0.544. The molecule has 1 saturated heterocycles. The molecule has 0 radical (unpaired) electrons. The van der Waals surface area contributed by atoms with E-state index >= 15 is 0 Å². The summed E-state index contributed by atoms with van der Waals surface area (Å²) < 4.78 is 38.0. The van der Waals surface area contributed by atoms with Crippen molar-refractivity contribution >= 4 is 6.21 Å². The Balaban J connectivity index is 1.61. The molecule has 4 rings (SSSR count). The Labute approximate surface area is 185 Å². The fourth-order valence-electron chi connectivity index (χ4n) is 4.03. The second-order valence-corrected chi connectivity index (χ2v) is 8.49. The van der Waals surface area contributed by atoms with Gasteiger partial charge in [-0.05, 0) is 45.9 Å². The molecule has 0 amide bonds. The number of allylic oxidation sites excluding steroid dienone is 1. The molecule has 0 aliphatic carbocycles. The fraction of sp³-hybridized carbons (Fsp3) is 0.500. The van der Waals surface area contributed by atoms with Gasteiger partial charge in [0.05, 0.1) is 36.2 Å². The third-order valence-electron chi connectivity index (χ3n) is 5.57. The van der Waals surface area contributed by atoms with E-state index in [1.165, 1.54) is 5.01 Å². The SMILES string of the molecule is Cc1ccc(-c2noc(C(F)F)c2CN2N=CC(N3C[C@@H](C)O[C@@H](C)C3)=CC2(C)O)cn1. The van der Waals surface area contributed by atoms with E-state index in [0.717, 1.165) is 11.4 Å². The average Bonchev–Trinajstić information content (AvgIpc) is 3.13. The minimum atomic E-state index is -2.86. The average molecular weight is 447 g/mol. The number of rotatable bonds is 5. The molecule has 1 unspecified atom stereocenters. The van der Waals surface area contributed by atoms with Crippen molar-refractivity contribution in [2.75, 3.05) is 13.1 Å². The third kappa shape index (κ3) is 4.51. The number of nitrogens with zero attached hydrogens (tertiary/aromatic N) is 5. The zero-order valence-corrected chi connectivity index (χ0v) is 18.5. The third-order valence-corrected chi connectivity index (χ3v) is 5.57. The van der Waals surface area contributed by atoms with Crippen molar-refractivity contribution in [1.29, 1.82) is 0 Å². The summed E-state index contributed by atoms with van der Waals surface area (Å²) in [4.78, 5) is 6.31. The zero-order chi connectivity index (χ0) is 23.0. The molecule has 172 valence electrons. The molecule has 1 N–H and O–H groups in total. The van der Waals surface area contributed by atoms with Gasteiger partial charge in [0.2, 0.25) is 5.76 Å². The Hall–Kier alpha value is -2.85. The lowest BCUT2D eigenvalue weighted by molar-refractivity contribution is -0.0709. The van der Waals surface area contributed by atoms with Gasteiger partial charge >= 0.3 is 0 Å². The van der Waals surface area contributed by atoms with E-state index in [0.29, 0.717) is 18.7 Å². The monoisotopic (exact) mass is 447 g/mol. The van der Waals surface area contributed by atoms with Crippen molar-refractivity contribution in [2.45, 2.75) is 58.6 Å². The first-order valence-electron chi connectivity index (χ1n) is 10.5. The van der Waals surface area contributed by atoms with Crippen molar-refractivity contribution in [3.63, 3.8) is 0 Å². The van der Waals surface area contributed by atoms with Crippen LogP contribution in [0.25, 0.3) is 11.3 Å². The molecule has 0 aromatic carbocycles. The van der Waals surface area contributed by atoms with Crippen LogP contribution in [0.1, 0.15) is 44.2 Å². The minimum absolute atomic E-state index is 0.0484. The first kappa shape index (κ1) is 22.3. The number of ether oxygens (including phenoxy) is 1. The lowest BCUT2D eigenvalue weighted by Gasteiger charge is -2.41.